The van der Waals surface area contributed by atoms with Crippen LogP contribution in [0.2, 0.25) is 0 Å². The van der Waals surface area contributed by atoms with Crippen molar-refractivity contribution in [2.75, 3.05) is 0 Å². The fourth-order valence-corrected chi connectivity index (χ4v) is 1.37. The standard InChI is InChI=1S/4C6H5.8C2H6.Y/c4*1-2-4-6-5-3-1;8*1-2;/h4*1-5H;8*1-2H3;/q4*-1;;;;;;;;;. The van der Waals surface area contributed by atoms with Crippen LogP contribution >= 0.6 is 0 Å². The van der Waals surface area contributed by atoms with Crippen LogP contribution in [0.1, 0.15) is 111 Å². The monoisotopic (exact) mass is 637 g/mol. The minimum absolute atomic E-state index is 0. The molecule has 0 fully saturated rings. The zero-order valence-electron chi connectivity index (χ0n) is 30.1. The van der Waals surface area contributed by atoms with Gasteiger partial charge in [-0.15, -0.1) is 0 Å². The molecule has 0 N–H and O–H groups in total. The first-order valence-electron chi connectivity index (χ1n) is 15.6. The van der Waals surface area contributed by atoms with E-state index in [1.807, 2.05) is 232 Å². The Bertz CT molecular complexity index is 421. The van der Waals surface area contributed by atoms with Crippen LogP contribution in [0, 0.1) is 24.3 Å². The third-order valence-corrected chi connectivity index (χ3v) is 2.43. The molecule has 0 unspecified atom stereocenters. The Balaban J connectivity index is -0.0000000407. The Morgan fingerprint density at radius 3 is 0.317 bits per heavy atom. The van der Waals surface area contributed by atoms with Crippen LogP contribution in [-0.4, -0.2) is 0 Å². The fourth-order valence-electron chi connectivity index (χ4n) is 1.37. The van der Waals surface area contributed by atoms with E-state index in [4.69, 9.17) is 0 Å². The predicted octanol–water partition coefficient (Wildman–Crippen LogP) is 14.2. The molecule has 0 aliphatic carbocycles. The summed E-state index contributed by atoms with van der Waals surface area (Å²) in [5.41, 5.74) is 0. The summed E-state index contributed by atoms with van der Waals surface area (Å²) >= 11 is 0. The van der Waals surface area contributed by atoms with Crippen molar-refractivity contribution >= 4 is 0 Å². The zero-order valence-corrected chi connectivity index (χ0v) is 33.0. The van der Waals surface area contributed by atoms with Crippen LogP contribution in [-0.2, 0) is 32.7 Å². The number of hydrogen-bond donors (Lipinski definition) is 0. The molecule has 0 aliphatic rings. The van der Waals surface area contributed by atoms with Crippen molar-refractivity contribution in [1.82, 2.24) is 0 Å². The van der Waals surface area contributed by atoms with Gasteiger partial charge in [-0.05, 0) is 0 Å². The van der Waals surface area contributed by atoms with E-state index >= 15 is 0 Å². The summed E-state index contributed by atoms with van der Waals surface area (Å²) in [7, 11) is 0. The minimum Gasteiger partial charge on any atom is -0.184 e. The van der Waals surface area contributed by atoms with E-state index in [2.05, 4.69) is 24.3 Å². The van der Waals surface area contributed by atoms with Crippen molar-refractivity contribution in [3.63, 3.8) is 0 Å². The van der Waals surface area contributed by atoms with Crippen LogP contribution in [0.25, 0.3) is 0 Å². The van der Waals surface area contributed by atoms with Gasteiger partial charge in [0.1, 0.15) is 0 Å². The molecule has 0 atom stereocenters. The van der Waals surface area contributed by atoms with E-state index in [0.29, 0.717) is 0 Å². The molecule has 0 bridgehead atoms. The second-order valence-electron chi connectivity index (χ2n) is 4.31. The first-order chi connectivity index (χ1) is 20.0. The van der Waals surface area contributed by atoms with Gasteiger partial charge >= 0.3 is 0 Å². The van der Waals surface area contributed by atoms with E-state index < -0.39 is 0 Å². The van der Waals surface area contributed by atoms with Gasteiger partial charge in [0.2, 0.25) is 0 Å². The normalized spacial score (nSPS) is 5.85. The zero-order chi connectivity index (χ0) is 33.0. The Morgan fingerprint density at radius 2 is 0.293 bits per heavy atom. The third-order valence-electron chi connectivity index (χ3n) is 2.43. The average Bonchev–Trinajstić information content (AvgIpc) is 3.15. The van der Waals surface area contributed by atoms with Crippen LogP contribution in [0.3, 0.4) is 0 Å². The molecular weight excluding hydrogens is 569 g/mol. The van der Waals surface area contributed by atoms with Crippen molar-refractivity contribution in [3.8, 4) is 0 Å². The Kier molecular flexibility index (Phi) is 164. The molecule has 4 aromatic rings. The number of benzene rings is 4. The smallest absolute Gasteiger partial charge is 0 e. The van der Waals surface area contributed by atoms with E-state index in [1.165, 1.54) is 0 Å². The molecule has 0 saturated carbocycles. The van der Waals surface area contributed by atoms with E-state index in [1.54, 1.807) is 0 Å². The summed E-state index contributed by atoms with van der Waals surface area (Å²) in [5, 5.41) is 0. The molecule has 1 heteroatoms. The van der Waals surface area contributed by atoms with Gasteiger partial charge in [-0.3, -0.25) is 0 Å². The molecule has 0 nitrogen and oxygen atoms in total. The Morgan fingerprint density at radius 1 is 0.195 bits per heavy atom. The quantitative estimate of drug-likeness (QED) is 0.168. The van der Waals surface area contributed by atoms with Crippen molar-refractivity contribution in [2.24, 2.45) is 0 Å². The maximum absolute atomic E-state index is 2.89. The molecule has 0 heterocycles. The van der Waals surface area contributed by atoms with Gasteiger partial charge < -0.3 is 0 Å². The largest absolute Gasteiger partial charge is 0.184 e. The average molecular weight is 638 g/mol. The molecule has 0 amide bonds. The van der Waals surface area contributed by atoms with E-state index in [-0.39, 0.29) is 32.7 Å². The maximum Gasteiger partial charge on any atom is 0 e. The van der Waals surface area contributed by atoms with E-state index in [9.17, 15) is 0 Å². The van der Waals surface area contributed by atoms with Gasteiger partial charge in [-0.1, -0.05) is 111 Å². The van der Waals surface area contributed by atoms with Gasteiger partial charge in [-0.25, -0.2) is 0 Å². The summed E-state index contributed by atoms with van der Waals surface area (Å²) in [6, 6.07) is 50.0. The van der Waals surface area contributed by atoms with Crippen LogP contribution < -0.4 is 0 Å². The topological polar surface area (TPSA) is 0 Å². The number of rotatable bonds is 0. The van der Waals surface area contributed by atoms with Crippen molar-refractivity contribution in [2.45, 2.75) is 111 Å². The molecule has 4 rings (SSSR count). The summed E-state index contributed by atoms with van der Waals surface area (Å²) < 4.78 is 0. The van der Waals surface area contributed by atoms with Crippen LogP contribution in [0.5, 0.6) is 0 Å². The summed E-state index contributed by atoms with van der Waals surface area (Å²) in [4.78, 5) is 0. The first-order valence-corrected chi connectivity index (χ1v) is 15.6. The fraction of sp³-hybridized carbons (Fsp3) is 0.400. The van der Waals surface area contributed by atoms with Gasteiger partial charge in [0.05, 0.1) is 0 Å². The Labute approximate surface area is 287 Å². The van der Waals surface area contributed by atoms with E-state index in [0.717, 1.165) is 0 Å². The van der Waals surface area contributed by atoms with Gasteiger partial charge in [0.15, 0.2) is 0 Å². The Hall–Kier alpha value is -2.02. The predicted molar refractivity (Wildman–Crippen MR) is 192 cm³/mol. The molecule has 4 aromatic carbocycles. The van der Waals surface area contributed by atoms with Gasteiger partial charge in [-0.2, -0.15) is 146 Å². The molecular formula is C40H68Y-4. The van der Waals surface area contributed by atoms with Crippen LogP contribution in [0.4, 0.5) is 0 Å². The minimum atomic E-state index is 0. The first kappa shape index (κ1) is 62.6. The summed E-state index contributed by atoms with van der Waals surface area (Å²) in [6.45, 7) is 32.0. The molecule has 0 saturated heterocycles. The van der Waals surface area contributed by atoms with Gasteiger partial charge in [0.25, 0.3) is 0 Å². The summed E-state index contributed by atoms with van der Waals surface area (Å²) in [6.07, 6.45) is 0. The molecule has 0 aliphatic heterocycles. The molecule has 41 heavy (non-hydrogen) atoms. The molecule has 0 spiro atoms. The van der Waals surface area contributed by atoms with Crippen molar-refractivity contribution < 1.29 is 32.7 Å². The second kappa shape index (κ2) is 108. The third kappa shape index (κ3) is 102. The van der Waals surface area contributed by atoms with Crippen molar-refractivity contribution in [3.05, 3.63) is 146 Å². The SMILES string of the molecule is CC.CC.CC.CC.CC.CC.CC.CC.[Y].[c-]1ccccc1.[c-]1ccccc1.[c-]1ccccc1.[c-]1ccccc1. The van der Waals surface area contributed by atoms with Gasteiger partial charge in [0, 0.05) is 32.7 Å². The molecule has 1 radical (unpaired) electrons. The molecule has 0 aromatic heterocycles. The maximum atomic E-state index is 2.89. The van der Waals surface area contributed by atoms with Crippen molar-refractivity contribution in [1.29, 1.82) is 0 Å². The molecule has 235 valence electrons. The summed E-state index contributed by atoms with van der Waals surface area (Å²) in [5.74, 6) is 0. The second-order valence-corrected chi connectivity index (χ2v) is 4.31. The van der Waals surface area contributed by atoms with Crippen LogP contribution in [0.15, 0.2) is 121 Å². The number of hydrogen-bond acceptors (Lipinski definition) is 0.